The SMILES string of the molecule is CCOC(=O)C[C@H](CCO[Si](C)(C)C(C)(C)C)N(Cc1ccccc1)[C@@H](C)c1ccccc1. The summed E-state index contributed by atoms with van der Waals surface area (Å²) in [5, 5.41) is 0.157. The van der Waals surface area contributed by atoms with E-state index in [1.54, 1.807) is 0 Å². The molecule has 33 heavy (non-hydrogen) atoms. The Kier molecular flexibility index (Phi) is 10.3. The van der Waals surface area contributed by atoms with Crippen LogP contribution in [0.15, 0.2) is 60.7 Å². The van der Waals surface area contributed by atoms with Crippen molar-refractivity contribution in [3.05, 3.63) is 71.8 Å². The zero-order valence-electron chi connectivity index (χ0n) is 21.6. The molecule has 0 saturated carbocycles. The number of benzene rings is 2. The van der Waals surface area contributed by atoms with Gasteiger partial charge in [-0.2, -0.15) is 0 Å². The molecule has 2 aromatic rings. The van der Waals surface area contributed by atoms with Crippen LogP contribution in [0.4, 0.5) is 0 Å². The number of hydrogen-bond donors (Lipinski definition) is 0. The summed E-state index contributed by atoms with van der Waals surface area (Å²) in [6, 6.07) is 21.2. The van der Waals surface area contributed by atoms with Crippen LogP contribution in [0.5, 0.6) is 0 Å². The van der Waals surface area contributed by atoms with E-state index in [0.717, 1.165) is 13.0 Å². The summed E-state index contributed by atoms with van der Waals surface area (Å²) in [5.41, 5.74) is 2.48. The lowest BCUT2D eigenvalue weighted by atomic mass is 10.00. The van der Waals surface area contributed by atoms with Gasteiger partial charge < -0.3 is 9.16 Å². The Labute approximate surface area is 202 Å². The molecule has 0 amide bonds. The molecule has 0 aliphatic rings. The lowest BCUT2D eigenvalue weighted by Crippen LogP contribution is -2.43. The molecule has 182 valence electrons. The minimum atomic E-state index is -1.86. The zero-order valence-corrected chi connectivity index (χ0v) is 22.6. The molecule has 0 fully saturated rings. The predicted molar refractivity (Wildman–Crippen MR) is 140 cm³/mol. The molecule has 0 N–H and O–H groups in total. The number of carbonyl (C=O) groups excluding carboxylic acids is 1. The lowest BCUT2D eigenvalue weighted by molar-refractivity contribution is -0.145. The van der Waals surface area contributed by atoms with Crippen LogP contribution in [-0.2, 0) is 20.5 Å². The van der Waals surface area contributed by atoms with Crippen LogP contribution in [-0.4, -0.2) is 38.4 Å². The minimum absolute atomic E-state index is 0.0178. The van der Waals surface area contributed by atoms with Gasteiger partial charge in [0.1, 0.15) is 0 Å². The van der Waals surface area contributed by atoms with E-state index >= 15 is 0 Å². The summed E-state index contributed by atoms with van der Waals surface area (Å²) in [5.74, 6) is -0.145. The molecule has 5 heteroatoms. The molecule has 0 bridgehead atoms. The maximum absolute atomic E-state index is 12.6. The first-order valence-electron chi connectivity index (χ1n) is 12.2. The molecule has 0 aliphatic heterocycles. The van der Waals surface area contributed by atoms with E-state index in [1.165, 1.54) is 11.1 Å². The summed E-state index contributed by atoms with van der Waals surface area (Å²) in [6.07, 6.45) is 1.15. The van der Waals surface area contributed by atoms with E-state index in [2.05, 4.69) is 94.2 Å². The van der Waals surface area contributed by atoms with Gasteiger partial charge in [-0.05, 0) is 49.5 Å². The number of hydrogen-bond acceptors (Lipinski definition) is 4. The van der Waals surface area contributed by atoms with Gasteiger partial charge in [0.2, 0.25) is 0 Å². The van der Waals surface area contributed by atoms with Crippen LogP contribution < -0.4 is 0 Å². The first-order valence-corrected chi connectivity index (χ1v) is 15.1. The van der Waals surface area contributed by atoms with Crippen molar-refractivity contribution in [3.8, 4) is 0 Å². The molecule has 4 nitrogen and oxygen atoms in total. The molecule has 0 saturated heterocycles. The number of rotatable bonds is 12. The third kappa shape index (κ3) is 8.40. The zero-order chi connectivity index (χ0) is 24.5. The Hall–Kier alpha value is -1.95. The van der Waals surface area contributed by atoms with Crippen LogP contribution in [0.2, 0.25) is 18.1 Å². The standard InChI is InChI=1S/C28H43NO3Si/c1-8-31-27(30)21-26(19-20-32-33(6,7)28(3,4)5)29(22-24-15-11-9-12-16-24)23(2)25-17-13-10-14-18-25/h9-18,23,26H,8,19-22H2,1-7H3/t23-,26-/m0/s1. The van der Waals surface area contributed by atoms with Gasteiger partial charge >= 0.3 is 5.97 Å². The third-order valence-corrected chi connectivity index (χ3v) is 11.4. The summed E-state index contributed by atoms with van der Waals surface area (Å²) < 4.78 is 11.9. The molecule has 2 atom stereocenters. The van der Waals surface area contributed by atoms with Gasteiger partial charge in [0.25, 0.3) is 0 Å². The smallest absolute Gasteiger partial charge is 0.307 e. The molecule has 0 heterocycles. The first-order chi connectivity index (χ1) is 15.5. The van der Waals surface area contributed by atoms with Gasteiger partial charge in [-0.25, -0.2) is 0 Å². The maximum atomic E-state index is 12.6. The van der Waals surface area contributed by atoms with Crippen molar-refractivity contribution < 1.29 is 14.0 Å². The van der Waals surface area contributed by atoms with Crippen molar-refractivity contribution in [1.82, 2.24) is 4.90 Å². The van der Waals surface area contributed by atoms with Crippen molar-refractivity contribution in [2.45, 2.75) is 84.2 Å². The minimum Gasteiger partial charge on any atom is -0.466 e. The van der Waals surface area contributed by atoms with Crippen LogP contribution >= 0.6 is 0 Å². The average Bonchev–Trinajstić information content (AvgIpc) is 2.77. The van der Waals surface area contributed by atoms with E-state index in [0.29, 0.717) is 19.6 Å². The van der Waals surface area contributed by atoms with Gasteiger partial charge in [0, 0.05) is 25.2 Å². The second-order valence-corrected chi connectivity index (χ2v) is 15.1. The third-order valence-electron chi connectivity index (χ3n) is 6.88. The van der Waals surface area contributed by atoms with Crippen LogP contribution in [0.25, 0.3) is 0 Å². The molecular weight excluding hydrogens is 426 g/mol. The van der Waals surface area contributed by atoms with Gasteiger partial charge in [0.05, 0.1) is 13.0 Å². The number of carbonyl (C=O) groups is 1. The van der Waals surface area contributed by atoms with Crippen molar-refractivity contribution >= 4 is 14.3 Å². The fraction of sp³-hybridized carbons (Fsp3) is 0.536. The highest BCUT2D eigenvalue weighted by molar-refractivity contribution is 6.74. The van der Waals surface area contributed by atoms with Gasteiger partial charge in [0.15, 0.2) is 8.32 Å². The molecule has 0 unspecified atom stereocenters. The van der Waals surface area contributed by atoms with E-state index in [4.69, 9.17) is 9.16 Å². The average molecular weight is 470 g/mol. The summed E-state index contributed by atoms with van der Waals surface area (Å²) >= 11 is 0. The monoisotopic (exact) mass is 469 g/mol. The Morgan fingerprint density at radius 1 is 1.00 bits per heavy atom. The molecular formula is C28H43NO3Si. The van der Waals surface area contributed by atoms with Gasteiger partial charge in [-0.1, -0.05) is 81.4 Å². The molecule has 2 aromatic carbocycles. The highest BCUT2D eigenvalue weighted by Gasteiger charge is 2.37. The molecule has 0 aromatic heterocycles. The van der Waals surface area contributed by atoms with Crippen LogP contribution in [0.3, 0.4) is 0 Å². The maximum Gasteiger partial charge on any atom is 0.307 e. The second-order valence-electron chi connectivity index (χ2n) is 10.3. The molecule has 0 radical (unpaired) electrons. The van der Waals surface area contributed by atoms with Crippen LogP contribution in [0.1, 0.15) is 64.6 Å². The lowest BCUT2D eigenvalue weighted by Gasteiger charge is -2.39. The highest BCUT2D eigenvalue weighted by atomic mass is 28.4. The van der Waals surface area contributed by atoms with Gasteiger partial charge in [-0.15, -0.1) is 0 Å². The Morgan fingerprint density at radius 2 is 1.58 bits per heavy atom. The predicted octanol–water partition coefficient (Wildman–Crippen LogP) is 6.98. The summed E-state index contributed by atoms with van der Waals surface area (Å²) in [6.45, 7) is 17.2. The van der Waals surface area contributed by atoms with E-state index in [9.17, 15) is 4.79 Å². The van der Waals surface area contributed by atoms with Gasteiger partial charge in [-0.3, -0.25) is 9.69 Å². The van der Waals surface area contributed by atoms with Crippen LogP contribution in [0, 0.1) is 0 Å². The Balaban J connectivity index is 2.30. The fourth-order valence-electron chi connectivity index (χ4n) is 3.76. The summed E-state index contributed by atoms with van der Waals surface area (Å²) in [7, 11) is -1.86. The normalized spacial score (nSPS) is 14.2. The van der Waals surface area contributed by atoms with Crippen molar-refractivity contribution in [2.24, 2.45) is 0 Å². The van der Waals surface area contributed by atoms with E-state index in [1.807, 2.05) is 19.1 Å². The molecule has 2 rings (SSSR count). The number of ether oxygens (including phenoxy) is 1. The first kappa shape index (κ1) is 27.3. The summed E-state index contributed by atoms with van der Waals surface area (Å²) in [4.78, 5) is 15.0. The molecule has 0 aliphatic carbocycles. The molecule has 0 spiro atoms. The second kappa shape index (κ2) is 12.5. The fourth-order valence-corrected chi connectivity index (χ4v) is 4.82. The van der Waals surface area contributed by atoms with E-state index < -0.39 is 8.32 Å². The largest absolute Gasteiger partial charge is 0.466 e. The van der Waals surface area contributed by atoms with Crippen molar-refractivity contribution in [1.29, 1.82) is 0 Å². The topological polar surface area (TPSA) is 38.8 Å². The van der Waals surface area contributed by atoms with E-state index in [-0.39, 0.29) is 23.1 Å². The quantitative estimate of drug-likeness (QED) is 0.248. The Morgan fingerprint density at radius 3 is 2.12 bits per heavy atom. The number of nitrogens with zero attached hydrogens (tertiary/aromatic N) is 1. The highest BCUT2D eigenvalue weighted by Crippen LogP contribution is 2.37. The van der Waals surface area contributed by atoms with Crippen molar-refractivity contribution in [2.75, 3.05) is 13.2 Å². The van der Waals surface area contributed by atoms with Crippen molar-refractivity contribution in [3.63, 3.8) is 0 Å². The number of esters is 1. The Bertz CT molecular complexity index is 833.